The summed E-state index contributed by atoms with van der Waals surface area (Å²) in [6.45, 7) is 5.75. The van der Waals surface area contributed by atoms with Crippen LogP contribution >= 0.6 is 0 Å². The molecule has 0 aliphatic carbocycles. The van der Waals surface area contributed by atoms with E-state index in [1.165, 1.54) is 154 Å². The summed E-state index contributed by atoms with van der Waals surface area (Å²) in [7, 11) is 0. The Morgan fingerprint density at radius 1 is 0.527 bits per heavy atom. The SMILES string of the molecule is CCCCC/C=C\C/C=C\CCCCCCCCCCCCC(O)C(=O)NC(COC1OC(CO)C(O)C(O)C1OC(=O)CCCCC/C=C\CCCCCCCC)C(O)/C=C/CCCCCCCCCCCC. The molecule has 1 rings (SSSR count). The van der Waals surface area contributed by atoms with E-state index < -0.39 is 67.4 Å². The van der Waals surface area contributed by atoms with Crippen molar-refractivity contribution in [3.05, 3.63) is 48.6 Å². The van der Waals surface area contributed by atoms with Crippen LogP contribution in [0.5, 0.6) is 0 Å². The molecule has 0 aromatic rings. The molecule has 1 aliphatic heterocycles. The molecule has 1 aliphatic rings. The second-order valence-electron chi connectivity index (χ2n) is 21.4. The minimum Gasteiger partial charge on any atom is -0.454 e. The molecule has 0 spiro atoms. The van der Waals surface area contributed by atoms with Crippen LogP contribution in [0.1, 0.15) is 278 Å². The highest BCUT2D eigenvalue weighted by atomic mass is 16.7. The molecule has 8 atom stereocenters. The second kappa shape index (κ2) is 51.4. The van der Waals surface area contributed by atoms with Crippen LogP contribution in [0.2, 0.25) is 0 Å². The fourth-order valence-electron chi connectivity index (χ4n) is 9.50. The lowest BCUT2D eigenvalue weighted by molar-refractivity contribution is -0.305. The molecule has 1 heterocycles. The van der Waals surface area contributed by atoms with Crippen LogP contribution in [0.25, 0.3) is 0 Å². The molecule has 432 valence electrons. The summed E-state index contributed by atoms with van der Waals surface area (Å²) in [5, 5.41) is 56.9. The van der Waals surface area contributed by atoms with E-state index in [1.54, 1.807) is 6.08 Å². The molecule has 1 fully saturated rings. The van der Waals surface area contributed by atoms with Crippen molar-refractivity contribution in [2.75, 3.05) is 13.2 Å². The number of allylic oxidation sites excluding steroid dienone is 7. The number of hydrogen-bond acceptors (Lipinski definition) is 10. The number of amides is 1. The maximum atomic E-state index is 13.4. The topological polar surface area (TPSA) is 175 Å². The maximum Gasteiger partial charge on any atom is 0.306 e. The van der Waals surface area contributed by atoms with Crippen molar-refractivity contribution in [2.45, 2.75) is 327 Å². The number of esters is 1. The Bertz CT molecular complexity index is 1390. The first-order valence-electron chi connectivity index (χ1n) is 30.9. The van der Waals surface area contributed by atoms with Crippen LogP contribution in [-0.4, -0.2) is 99.6 Å². The Morgan fingerprint density at radius 2 is 0.932 bits per heavy atom. The molecule has 1 amide bonds. The van der Waals surface area contributed by atoms with Crippen LogP contribution in [0, 0.1) is 0 Å². The van der Waals surface area contributed by atoms with Gasteiger partial charge in [-0.1, -0.05) is 236 Å². The van der Waals surface area contributed by atoms with Crippen molar-refractivity contribution >= 4 is 11.9 Å². The number of carbonyl (C=O) groups is 2. The molecular weight excluding hydrogens is 931 g/mol. The lowest BCUT2D eigenvalue weighted by Gasteiger charge is -2.41. The van der Waals surface area contributed by atoms with Gasteiger partial charge in [-0.25, -0.2) is 0 Å². The maximum absolute atomic E-state index is 13.4. The summed E-state index contributed by atoms with van der Waals surface area (Å²) in [6, 6.07) is -1.03. The third-order valence-electron chi connectivity index (χ3n) is 14.5. The summed E-state index contributed by atoms with van der Waals surface area (Å²) >= 11 is 0. The number of unbranched alkanes of at least 4 members (excludes halogenated alkanes) is 32. The molecular formula is C63H115NO10. The van der Waals surface area contributed by atoms with E-state index in [4.69, 9.17) is 14.2 Å². The number of aliphatic hydroxyl groups is 5. The molecule has 11 heteroatoms. The highest BCUT2D eigenvalue weighted by molar-refractivity contribution is 5.80. The zero-order chi connectivity index (χ0) is 54.0. The first-order valence-corrected chi connectivity index (χ1v) is 30.9. The quantitative estimate of drug-likeness (QED) is 0.0195. The van der Waals surface area contributed by atoms with Gasteiger partial charge in [-0.15, -0.1) is 0 Å². The van der Waals surface area contributed by atoms with Crippen LogP contribution in [-0.2, 0) is 23.8 Å². The predicted octanol–water partition coefficient (Wildman–Crippen LogP) is 14.4. The van der Waals surface area contributed by atoms with Crippen molar-refractivity contribution in [3.63, 3.8) is 0 Å². The standard InChI is InChI=1S/C63H115NO10/c1-4-7-10-13-16-19-22-25-26-27-28-29-30-31-33-35-38-41-44-47-50-56(67)62(71)64-54(55(66)49-46-43-40-37-34-24-21-18-15-12-9-6-3)53-72-63-61(60(70)59(69)57(52-65)73-63)74-58(68)51-48-45-42-39-36-32-23-20-17-14-11-8-5-2/h16,19,25-26,32,36,46,49,54-57,59-61,63,65-67,69-70H,4-15,17-18,20-24,27-31,33-35,37-45,47-48,50-53H2,1-3H3,(H,64,71)/b19-16-,26-25-,36-32-,49-46+. The van der Waals surface area contributed by atoms with Gasteiger partial charge in [0.25, 0.3) is 0 Å². The van der Waals surface area contributed by atoms with Crippen molar-refractivity contribution in [1.29, 1.82) is 0 Å². The lowest BCUT2D eigenvalue weighted by atomic mass is 9.99. The molecule has 0 saturated carbocycles. The summed E-state index contributed by atoms with van der Waals surface area (Å²) in [5.41, 5.74) is 0. The molecule has 6 N–H and O–H groups in total. The number of aliphatic hydroxyl groups excluding tert-OH is 5. The van der Waals surface area contributed by atoms with E-state index >= 15 is 0 Å². The first kappa shape index (κ1) is 69.6. The highest BCUT2D eigenvalue weighted by Gasteiger charge is 2.47. The van der Waals surface area contributed by atoms with Crippen molar-refractivity contribution in [2.24, 2.45) is 0 Å². The van der Waals surface area contributed by atoms with Crippen LogP contribution in [0.3, 0.4) is 0 Å². The Kier molecular flexibility index (Phi) is 48.3. The molecule has 0 bridgehead atoms. The fourth-order valence-corrected chi connectivity index (χ4v) is 9.50. The average Bonchev–Trinajstić information content (AvgIpc) is 3.40. The van der Waals surface area contributed by atoms with Crippen molar-refractivity contribution in [3.8, 4) is 0 Å². The smallest absolute Gasteiger partial charge is 0.306 e. The van der Waals surface area contributed by atoms with Crippen molar-refractivity contribution in [1.82, 2.24) is 5.32 Å². The zero-order valence-electron chi connectivity index (χ0n) is 47.7. The highest BCUT2D eigenvalue weighted by Crippen LogP contribution is 2.26. The number of nitrogens with one attached hydrogen (secondary N) is 1. The lowest BCUT2D eigenvalue weighted by Crippen LogP contribution is -2.61. The average molecular weight is 1050 g/mol. The third kappa shape index (κ3) is 39.1. The van der Waals surface area contributed by atoms with Gasteiger partial charge in [0.2, 0.25) is 5.91 Å². The molecule has 0 aromatic heterocycles. The van der Waals surface area contributed by atoms with E-state index in [1.807, 2.05) is 6.08 Å². The third-order valence-corrected chi connectivity index (χ3v) is 14.5. The van der Waals surface area contributed by atoms with Gasteiger partial charge in [0.1, 0.15) is 24.4 Å². The van der Waals surface area contributed by atoms with E-state index in [0.717, 1.165) is 77.0 Å². The van der Waals surface area contributed by atoms with E-state index in [2.05, 4.69) is 62.5 Å². The Labute approximate surface area is 453 Å². The summed E-state index contributed by atoms with van der Waals surface area (Å²) in [5.74, 6) is -1.21. The molecule has 0 radical (unpaired) electrons. The van der Waals surface area contributed by atoms with Gasteiger partial charge in [-0.2, -0.15) is 0 Å². The number of ether oxygens (including phenoxy) is 3. The predicted molar refractivity (Wildman–Crippen MR) is 306 cm³/mol. The molecule has 8 unspecified atom stereocenters. The fraction of sp³-hybridized carbons (Fsp3) is 0.841. The van der Waals surface area contributed by atoms with Crippen LogP contribution in [0.4, 0.5) is 0 Å². The molecule has 0 aromatic carbocycles. The van der Waals surface area contributed by atoms with Gasteiger partial charge in [-0.3, -0.25) is 9.59 Å². The summed E-state index contributed by atoms with van der Waals surface area (Å²) in [6.07, 6.45) is 51.5. The van der Waals surface area contributed by atoms with Crippen LogP contribution < -0.4 is 5.32 Å². The molecule has 1 saturated heterocycles. The van der Waals surface area contributed by atoms with E-state index in [-0.39, 0.29) is 19.4 Å². The Hall–Kier alpha value is -2.38. The number of carbonyl (C=O) groups excluding carboxylic acids is 2. The monoisotopic (exact) mass is 1050 g/mol. The summed E-state index contributed by atoms with van der Waals surface area (Å²) in [4.78, 5) is 26.5. The van der Waals surface area contributed by atoms with Gasteiger partial charge in [0.15, 0.2) is 12.4 Å². The van der Waals surface area contributed by atoms with Gasteiger partial charge in [-0.05, 0) is 83.5 Å². The normalized spacial score (nSPS) is 19.6. The number of hydrogen-bond donors (Lipinski definition) is 6. The molecule has 11 nitrogen and oxygen atoms in total. The van der Waals surface area contributed by atoms with Gasteiger partial charge in [0.05, 0.1) is 25.4 Å². The van der Waals surface area contributed by atoms with Crippen LogP contribution in [0.15, 0.2) is 48.6 Å². The van der Waals surface area contributed by atoms with Gasteiger partial charge < -0.3 is 45.1 Å². The van der Waals surface area contributed by atoms with Crippen molar-refractivity contribution < 1.29 is 49.3 Å². The minimum atomic E-state index is -1.62. The summed E-state index contributed by atoms with van der Waals surface area (Å²) < 4.78 is 17.6. The van der Waals surface area contributed by atoms with E-state index in [0.29, 0.717) is 12.8 Å². The van der Waals surface area contributed by atoms with E-state index in [9.17, 15) is 35.1 Å². The Morgan fingerprint density at radius 3 is 1.42 bits per heavy atom. The van der Waals surface area contributed by atoms with Gasteiger partial charge in [0, 0.05) is 6.42 Å². The Balaban J connectivity index is 2.68. The van der Waals surface area contributed by atoms with Gasteiger partial charge >= 0.3 is 5.97 Å². The number of rotatable bonds is 52. The molecule has 74 heavy (non-hydrogen) atoms. The zero-order valence-corrected chi connectivity index (χ0v) is 47.7. The largest absolute Gasteiger partial charge is 0.454 e. The minimum absolute atomic E-state index is 0.104. The first-order chi connectivity index (χ1) is 36.2. The second-order valence-corrected chi connectivity index (χ2v) is 21.4.